The Morgan fingerprint density at radius 3 is 2.40 bits per heavy atom. The van der Waals surface area contributed by atoms with Crippen LogP contribution in [0.1, 0.15) is 37.3 Å². The highest BCUT2D eigenvalue weighted by atomic mass is 35.5. The summed E-state index contributed by atoms with van der Waals surface area (Å²) in [5, 5.41) is 12.9. The topological polar surface area (TPSA) is 46.2 Å². The van der Waals surface area contributed by atoms with Crippen LogP contribution in [0.25, 0.3) is 10.8 Å². The van der Waals surface area contributed by atoms with Crippen LogP contribution in [0.5, 0.6) is 0 Å². The highest BCUT2D eigenvalue weighted by Crippen LogP contribution is 2.34. The lowest BCUT2D eigenvalue weighted by atomic mass is 9.88. The van der Waals surface area contributed by atoms with E-state index in [1.54, 1.807) is 0 Å². The number of aliphatic hydroxyl groups excluding tert-OH is 1. The monoisotopic (exact) mass is 291 g/mol. The summed E-state index contributed by atoms with van der Waals surface area (Å²) in [6.07, 6.45) is 4.25. The maximum Gasteiger partial charge on any atom is 0.0761 e. The van der Waals surface area contributed by atoms with Gasteiger partial charge in [-0.3, -0.25) is 0 Å². The first-order valence-corrected chi connectivity index (χ1v) is 7.18. The Bertz CT molecular complexity index is 560. The van der Waals surface area contributed by atoms with Crippen LogP contribution in [0.15, 0.2) is 42.5 Å². The van der Waals surface area contributed by atoms with Gasteiger partial charge in [-0.15, -0.1) is 12.4 Å². The Morgan fingerprint density at radius 1 is 1.00 bits per heavy atom. The second kappa shape index (κ2) is 6.57. The highest BCUT2D eigenvalue weighted by Gasteiger charge is 2.29. The quantitative estimate of drug-likeness (QED) is 0.903. The predicted octanol–water partition coefficient (Wildman–Crippen LogP) is 3.81. The molecule has 0 heterocycles. The Kier molecular flexibility index (Phi) is 5.03. The molecule has 2 nitrogen and oxygen atoms in total. The van der Waals surface area contributed by atoms with Gasteiger partial charge in [0.2, 0.25) is 0 Å². The number of halogens is 1. The van der Waals surface area contributed by atoms with Crippen LogP contribution in [0.3, 0.4) is 0 Å². The van der Waals surface area contributed by atoms with Gasteiger partial charge in [0.05, 0.1) is 12.1 Å². The van der Waals surface area contributed by atoms with Crippen molar-refractivity contribution in [3.05, 3.63) is 48.0 Å². The standard InChI is InChI=1S/C17H21NO.ClH/c18-16(17(19)13-7-1-2-8-13)15-11-5-9-12-6-3-4-10-14(12)15;/h3-6,9-11,13,16-17,19H,1-2,7-8,18H2;1H/t16-,17+;/m1./s1. The molecule has 0 radical (unpaired) electrons. The van der Waals surface area contributed by atoms with Crippen molar-refractivity contribution in [2.24, 2.45) is 11.7 Å². The first-order chi connectivity index (χ1) is 9.27. The van der Waals surface area contributed by atoms with Crippen molar-refractivity contribution in [1.29, 1.82) is 0 Å². The van der Waals surface area contributed by atoms with Crippen molar-refractivity contribution < 1.29 is 5.11 Å². The van der Waals surface area contributed by atoms with Gasteiger partial charge in [-0.25, -0.2) is 0 Å². The SMILES string of the molecule is Cl.N[C@H](c1cccc2ccccc12)[C@@H](O)C1CCCC1. The fourth-order valence-electron chi connectivity index (χ4n) is 3.32. The Morgan fingerprint density at radius 2 is 1.65 bits per heavy atom. The molecule has 0 unspecified atom stereocenters. The lowest BCUT2D eigenvalue weighted by Crippen LogP contribution is -2.32. The first kappa shape index (κ1) is 15.3. The Balaban J connectivity index is 0.00000147. The summed E-state index contributed by atoms with van der Waals surface area (Å²) in [4.78, 5) is 0. The molecule has 0 aliphatic heterocycles. The average Bonchev–Trinajstić information content (AvgIpc) is 2.99. The molecule has 2 aromatic carbocycles. The number of hydrogen-bond donors (Lipinski definition) is 2. The first-order valence-electron chi connectivity index (χ1n) is 7.18. The molecular weight excluding hydrogens is 270 g/mol. The van der Waals surface area contributed by atoms with Crippen LogP contribution < -0.4 is 5.73 Å². The molecular formula is C17H22ClNO. The van der Waals surface area contributed by atoms with Crippen molar-refractivity contribution in [2.45, 2.75) is 37.8 Å². The predicted molar refractivity (Wildman–Crippen MR) is 86.1 cm³/mol. The fourth-order valence-corrected chi connectivity index (χ4v) is 3.32. The van der Waals surface area contributed by atoms with Gasteiger partial charge in [-0.2, -0.15) is 0 Å². The fraction of sp³-hybridized carbons (Fsp3) is 0.412. The van der Waals surface area contributed by atoms with E-state index in [0.717, 1.165) is 23.8 Å². The lowest BCUT2D eigenvalue weighted by Gasteiger charge is -2.25. The summed E-state index contributed by atoms with van der Waals surface area (Å²) in [6, 6.07) is 14.1. The molecule has 0 amide bonds. The minimum atomic E-state index is -0.423. The minimum absolute atomic E-state index is 0. The summed E-state index contributed by atoms with van der Waals surface area (Å²) in [7, 11) is 0. The van der Waals surface area contributed by atoms with Crippen molar-refractivity contribution in [3.8, 4) is 0 Å². The number of nitrogens with two attached hydrogens (primary N) is 1. The lowest BCUT2D eigenvalue weighted by molar-refractivity contribution is 0.0849. The molecule has 3 rings (SSSR count). The van der Waals surface area contributed by atoms with Gasteiger partial charge < -0.3 is 10.8 Å². The molecule has 0 saturated heterocycles. The van der Waals surface area contributed by atoms with Gasteiger partial charge in [0.1, 0.15) is 0 Å². The second-order valence-electron chi connectivity index (χ2n) is 5.63. The summed E-state index contributed by atoms with van der Waals surface area (Å²) >= 11 is 0. The molecule has 1 aliphatic rings. The number of rotatable bonds is 3. The number of aliphatic hydroxyl groups is 1. The van der Waals surface area contributed by atoms with Crippen molar-refractivity contribution in [2.75, 3.05) is 0 Å². The molecule has 1 aliphatic carbocycles. The third-order valence-electron chi connectivity index (χ3n) is 4.43. The molecule has 2 aromatic rings. The number of hydrogen-bond acceptors (Lipinski definition) is 2. The van der Waals surface area contributed by atoms with Crippen LogP contribution in [0.4, 0.5) is 0 Å². The van der Waals surface area contributed by atoms with Crippen molar-refractivity contribution in [1.82, 2.24) is 0 Å². The molecule has 0 aromatic heterocycles. The zero-order chi connectivity index (χ0) is 13.2. The van der Waals surface area contributed by atoms with E-state index in [2.05, 4.69) is 18.2 Å². The molecule has 3 N–H and O–H groups in total. The Labute approximate surface area is 126 Å². The molecule has 1 saturated carbocycles. The Hall–Kier alpha value is -1.09. The van der Waals surface area contributed by atoms with Crippen LogP contribution in [-0.4, -0.2) is 11.2 Å². The maximum atomic E-state index is 10.5. The zero-order valence-electron chi connectivity index (χ0n) is 11.5. The van der Waals surface area contributed by atoms with Gasteiger partial charge in [-0.05, 0) is 35.1 Å². The molecule has 3 heteroatoms. The van der Waals surface area contributed by atoms with E-state index in [0.29, 0.717) is 5.92 Å². The number of benzene rings is 2. The van der Waals surface area contributed by atoms with E-state index in [4.69, 9.17) is 5.73 Å². The summed E-state index contributed by atoms with van der Waals surface area (Å²) in [6.45, 7) is 0. The van der Waals surface area contributed by atoms with E-state index < -0.39 is 6.10 Å². The third kappa shape index (κ3) is 2.83. The second-order valence-corrected chi connectivity index (χ2v) is 5.63. The minimum Gasteiger partial charge on any atom is -0.391 e. The van der Waals surface area contributed by atoms with Crippen LogP contribution in [-0.2, 0) is 0 Å². The van der Waals surface area contributed by atoms with Crippen LogP contribution >= 0.6 is 12.4 Å². The normalized spacial score (nSPS) is 18.7. The zero-order valence-corrected chi connectivity index (χ0v) is 12.4. The van der Waals surface area contributed by atoms with Gasteiger partial charge in [0, 0.05) is 0 Å². The van der Waals surface area contributed by atoms with Gasteiger partial charge in [-0.1, -0.05) is 55.3 Å². The van der Waals surface area contributed by atoms with Gasteiger partial charge in [0.25, 0.3) is 0 Å². The molecule has 2 atom stereocenters. The summed E-state index contributed by atoms with van der Waals surface area (Å²) in [5.74, 6) is 0.369. The molecule has 0 spiro atoms. The van der Waals surface area contributed by atoms with Crippen LogP contribution in [0, 0.1) is 5.92 Å². The highest BCUT2D eigenvalue weighted by molar-refractivity contribution is 5.86. The van der Waals surface area contributed by atoms with Crippen molar-refractivity contribution in [3.63, 3.8) is 0 Å². The van der Waals surface area contributed by atoms with Gasteiger partial charge >= 0.3 is 0 Å². The smallest absolute Gasteiger partial charge is 0.0761 e. The molecule has 0 bridgehead atoms. The molecule has 108 valence electrons. The van der Waals surface area contributed by atoms with E-state index in [1.807, 2.05) is 24.3 Å². The summed E-state index contributed by atoms with van der Waals surface area (Å²) < 4.78 is 0. The largest absolute Gasteiger partial charge is 0.391 e. The molecule has 1 fully saturated rings. The van der Waals surface area contributed by atoms with E-state index >= 15 is 0 Å². The number of fused-ring (bicyclic) bond motifs is 1. The van der Waals surface area contributed by atoms with E-state index in [9.17, 15) is 5.11 Å². The van der Waals surface area contributed by atoms with Crippen LogP contribution in [0.2, 0.25) is 0 Å². The third-order valence-corrected chi connectivity index (χ3v) is 4.43. The van der Waals surface area contributed by atoms with Gasteiger partial charge in [0.15, 0.2) is 0 Å². The average molecular weight is 292 g/mol. The van der Waals surface area contributed by atoms with Crippen molar-refractivity contribution >= 4 is 23.2 Å². The maximum absolute atomic E-state index is 10.5. The summed E-state index contributed by atoms with van der Waals surface area (Å²) in [5.41, 5.74) is 7.40. The van der Waals surface area contributed by atoms with E-state index in [-0.39, 0.29) is 18.4 Å². The van der Waals surface area contributed by atoms with E-state index in [1.165, 1.54) is 18.2 Å². The molecule has 20 heavy (non-hydrogen) atoms.